The summed E-state index contributed by atoms with van der Waals surface area (Å²) in [5.74, 6) is 0.735. The van der Waals surface area contributed by atoms with Crippen LogP contribution in [0.5, 0.6) is 0 Å². The van der Waals surface area contributed by atoms with Crippen LogP contribution in [0.1, 0.15) is 0 Å². The van der Waals surface area contributed by atoms with Crippen molar-refractivity contribution >= 4 is 53.4 Å². The molecule has 3 nitrogen and oxygen atoms in total. The lowest BCUT2D eigenvalue weighted by Crippen LogP contribution is -1.94. The summed E-state index contributed by atoms with van der Waals surface area (Å²) in [6.07, 6.45) is 0. The van der Waals surface area contributed by atoms with Crippen molar-refractivity contribution in [3.05, 3.63) is 176 Å². The van der Waals surface area contributed by atoms with E-state index < -0.39 is 0 Å². The highest BCUT2D eigenvalue weighted by atomic mass is 32.1. The second-order valence-electron chi connectivity index (χ2n) is 12.6. The zero-order chi connectivity index (χ0) is 33.0. The molecule has 0 aliphatic carbocycles. The third-order valence-corrected chi connectivity index (χ3v) is 10.9. The molecule has 0 amide bonds. The van der Waals surface area contributed by atoms with Gasteiger partial charge in [0.15, 0.2) is 5.82 Å². The molecule has 0 radical (unpaired) electrons. The van der Waals surface area contributed by atoms with Crippen LogP contribution in [0.2, 0.25) is 0 Å². The molecule has 0 unspecified atom stereocenters. The largest absolute Gasteiger partial charge is 0.309 e. The number of rotatable bonds is 5. The van der Waals surface area contributed by atoms with Gasteiger partial charge in [-0.1, -0.05) is 152 Å². The van der Waals surface area contributed by atoms with Crippen molar-refractivity contribution in [2.45, 2.75) is 0 Å². The first-order valence-corrected chi connectivity index (χ1v) is 17.7. The van der Waals surface area contributed by atoms with Gasteiger partial charge in [0.05, 0.1) is 26.9 Å². The van der Waals surface area contributed by atoms with E-state index in [4.69, 9.17) is 9.97 Å². The molecule has 50 heavy (non-hydrogen) atoms. The number of benzene rings is 7. The molecule has 0 spiro atoms. The predicted octanol–water partition coefficient (Wildman–Crippen LogP) is 12.6. The molecule has 3 aromatic heterocycles. The lowest BCUT2D eigenvalue weighted by molar-refractivity contribution is 1.18. The van der Waals surface area contributed by atoms with Crippen molar-refractivity contribution in [2.75, 3.05) is 0 Å². The first-order chi connectivity index (χ1) is 24.8. The van der Waals surface area contributed by atoms with E-state index in [0.29, 0.717) is 0 Å². The number of hydrogen-bond acceptors (Lipinski definition) is 3. The molecule has 0 bridgehead atoms. The number of para-hydroxylation sites is 2. The molecule has 0 aliphatic heterocycles. The van der Waals surface area contributed by atoms with E-state index in [9.17, 15) is 0 Å². The summed E-state index contributed by atoms with van der Waals surface area (Å²) >= 11 is 1.79. The summed E-state index contributed by atoms with van der Waals surface area (Å²) in [6.45, 7) is 0. The topological polar surface area (TPSA) is 30.7 Å². The molecule has 0 saturated carbocycles. The van der Waals surface area contributed by atoms with Crippen LogP contribution < -0.4 is 0 Å². The standard InChI is InChI=1S/C46H29N3S/c1-3-13-30(14-4-1)31-25-27-32(28-26-31)42-45-43(48-46(47-42)33-15-5-2-6-16-33)39-22-12-21-36(44(39)50-45)34-17-11-18-35(29-34)49-40-23-9-7-19-37(40)38-20-8-10-24-41(38)49/h1-29H. The fourth-order valence-electron chi connectivity index (χ4n) is 7.27. The Hall–Kier alpha value is -6.36. The second kappa shape index (κ2) is 11.7. The predicted molar refractivity (Wildman–Crippen MR) is 211 cm³/mol. The van der Waals surface area contributed by atoms with Gasteiger partial charge in [-0.2, -0.15) is 0 Å². The highest BCUT2D eigenvalue weighted by Crippen LogP contribution is 2.44. The number of fused-ring (bicyclic) bond motifs is 6. The van der Waals surface area contributed by atoms with E-state index in [0.717, 1.165) is 43.9 Å². The SMILES string of the molecule is c1ccc(-c2ccc(-c3nc(-c4ccccc4)nc4c3sc3c(-c5cccc(-n6c7ccccc7c7ccccc76)c5)cccc34)cc2)cc1. The average molecular weight is 656 g/mol. The van der Waals surface area contributed by atoms with E-state index in [2.05, 4.69) is 162 Å². The molecule has 234 valence electrons. The smallest absolute Gasteiger partial charge is 0.160 e. The van der Waals surface area contributed by atoms with Gasteiger partial charge < -0.3 is 4.57 Å². The highest BCUT2D eigenvalue weighted by molar-refractivity contribution is 7.26. The fourth-order valence-corrected chi connectivity index (χ4v) is 8.56. The van der Waals surface area contributed by atoms with E-state index in [1.54, 1.807) is 11.3 Å². The number of nitrogens with zero attached hydrogens (tertiary/aromatic N) is 3. The first-order valence-electron chi connectivity index (χ1n) is 16.8. The molecule has 0 saturated heterocycles. The van der Waals surface area contributed by atoms with Crippen LogP contribution in [0.3, 0.4) is 0 Å². The summed E-state index contributed by atoms with van der Waals surface area (Å²) in [5, 5.41) is 3.67. The van der Waals surface area contributed by atoms with Gasteiger partial charge in [0.25, 0.3) is 0 Å². The lowest BCUT2D eigenvalue weighted by atomic mass is 10.0. The van der Waals surface area contributed by atoms with E-state index in [1.165, 1.54) is 48.8 Å². The Morgan fingerprint density at radius 3 is 1.68 bits per heavy atom. The second-order valence-corrected chi connectivity index (χ2v) is 13.6. The Bertz CT molecular complexity index is 2800. The summed E-state index contributed by atoms with van der Waals surface area (Å²) in [7, 11) is 0. The van der Waals surface area contributed by atoms with Gasteiger partial charge in [-0.15, -0.1) is 11.3 Å². The van der Waals surface area contributed by atoms with Crippen LogP contribution in [-0.2, 0) is 0 Å². The van der Waals surface area contributed by atoms with Crippen LogP contribution in [-0.4, -0.2) is 14.5 Å². The summed E-state index contributed by atoms with van der Waals surface area (Å²) in [4.78, 5) is 10.5. The number of thiophene rings is 1. The minimum atomic E-state index is 0.735. The maximum absolute atomic E-state index is 5.24. The minimum Gasteiger partial charge on any atom is -0.309 e. The third kappa shape index (κ3) is 4.65. The average Bonchev–Trinajstić information content (AvgIpc) is 3.74. The third-order valence-electron chi connectivity index (χ3n) is 9.63. The Balaban J connectivity index is 1.17. The lowest BCUT2D eigenvalue weighted by Gasteiger charge is -2.11. The minimum absolute atomic E-state index is 0.735. The van der Waals surface area contributed by atoms with Gasteiger partial charge in [-0.3, -0.25) is 0 Å². The zero-order valence-electron chi connectivity index (χ0n) is 27.0. The van der Waals surface area contributed by atoms with Crippen molar-refractivity contribution in [1.82, 2.24) is 14.5 Å². The van der Waals surface area contributed by atoms with Gasteiger partial charge in [0.2, 0.25) is 0 Å². The summed E-state index contributed by atoms with van der Waals surface area (Å²) in [5.41, 5.74) is 12.3. The van der Waals surface area contributed by atoms with E-state index in [1.807, 2.05) is 18.2 Å². The molecule has 0 fully saturated rings. The highest BCUT2D eigenvalue weighted by Gasteiger charge is 2.19. The molecule has 7 aromatic carbocycles. The summed E-state index contributed by atoms with van der Waals surface area (Å²) in [6, 6.07) is 62.5. The Morgan fingerprint density at radius 1 is 0.400 bits per heavy atom. The molecule has 10 aromatic rings. The fraction of sp³-hybridized carbons (Fsp3) is 0. The van der Waals surface area contributed by atoms with Crippen LogP contribution >= 0.6 is 11.3 Å². The van der Waals surface area contributed by atoms with Crippen molar-refractivity contribution < 1.29 is 0 Å². The Labute approximate surface area is 293 Å². The van der Waals surface area contributed by atoms with Gasteiger partial charge in [0, 0.05) is 37.7 Å². The van der Waals surface area contributed by atoms with Crippen LogP contribution in [0.15, 0.2) is 176 Å². The van der Waals surface area contributed by atoms with Gasteiger partial charge in [-0.25, -0.2) is 9.97 Å². The van der Waals surface area contributed by atoms with E-state index >= 15 is 0 Å². The van der Waals surface area contributed by atoms with Crippen LogP contribution in [0, 0.1) is 0 Å². The monoisotopic (exact) mass is 655 g/mol. The molecular formula is C46H29N3S. The van der Waals surface area contributed by atoms with Gasteiger partial charge >= 0.3 is 0 Å². The maximum atomic E-state index is 5.24. The van der Waals surface area contributed by atoms with Crippen LogP contribution in [0.4, 0.5) is 0 Å². The normalized spacial score (nSPS) is 11.6. The molecule has 4 heteroatoms. The molecule has 0 atom stereocenters. The quantitative estimate of drug-likeness (QED) is 0.185. The molecule has 3 heterocycles. The molecule has 10 rings (SSSR count). The molecule has 0 N–H and O–H groups in total. The van der Waals surface area contributed by atoms with Gasteiger partial charge in [0.1, 0.15) is 0 Å². The maximum Gasteiger partial charge on any atom is 0.160 e. The molecule has 0 aliphatic rings. The zero-order valence-corrected chi connectivity index (χ0v) is 27.8. The molecular weight excluding hydrogens is 627 g/mol. The van der Waals surface area contributed by atoms with Crippen molar-refractivity contribution in [1.29, 1.82) is 0 Å². The van der Waals surface area contributed by atoms with Gasteiger partial charge in [-0.05, 0) is 46.5 Å². The first kappa shape index (κ1) is 28.6. The van der Waals surface area contributed by atoms with Crippen molar-refractivity contribution in [3.8, 4) is 50.6 Å². The Kier molecular flexibility index (Phi) is 6.68. The van der Waals surface area contributed by atoms with Crippen molar-refractivity contribution in [3.63, 3.8) is 0 Å². The summed E-state index contributed by atoms with van der Waals surface area (Å²) < 4.78 is 4.69. The number of aromatic nitrogens is 3. The van der Waals surface area contributed by atoms with Crippen LogP contribution in [0.25, 0.3) is 92.7 Å². The van der Waals surface area contributed by atoms with E-state index in [-0.39, 0.29) is 0 Å². The Morgan fingerprint density at radius 2 is 0.960 bits per heavy atom. The van der Waals surface area contributed by atoms with Crippen molar-refractivity contribution in [2.24, 2.45) is 0 Å². The number of hydrogen-bond donors (Lipinski definition) is 0.